The number of halogens is 2. The average molecular weight is 414 g/mol. The summed E-state index contributed by atoms with van der Waals surface area (Å²) in [6.45, 7) is 0. The molecule has 2 N–H and O–H groups in total. The third-order valence-corrected chi connectivity index (χ3v) is 4.44. The summed E-state index contributed by atoms with van der Waals surface area (Å²) < 4.78 is 0.948. The number of anilines is 2. The highest BCUT2D eigenvalue weighted by Crippen LogP contribution is 2.15. The van der Waals surface area contributed by atoms with Gasteiger partial charge in [-0.3, -0.25) is 9.59 Å². The zero-order chi connectivity index (χ0) is 16.7. The molecule has 0 aliphatic heterocycles. The summed E-state index contributed by atoms with van der Waals surface area (Å²) in [6.07, 6.45) is 0. The average Bonchev–Trinajstić information content (AvgIpc) is 2.52. The van der Waals surface area contributed by atoms with Crippen LogP contribution in [0.4, 0.5) is 11.4 Å². The molecule has 0 atom stereocenters. The topological polar surface area (TPSA) is 58.2 Å². The summed E-state index contributed by atoms with van der Waals surface area (Å²) in [5, 5.41) is 6.13. The minimum Gasteiger partial charge on any atom is -0.325 e. The third kappa shape index (κ3) is 6.64. The number of carbonyl (C=O) groups is 2. The van der Waals surface area contributed by atoms with Gasteiger partial charge in [-0.15, -0.1) is 11.8 Å². The fourth-order valence-corrected chi connectivity index (χ4v) is 2.70. The van der Waals surface area contributed by atoms with E-state index in [1.807, 2.05) is 12.1 Å². The lowest BCUT2D eigenvalue weighted by molar-refractivity contribution is -0.114. The van der Waals surface area contributed by atoms with Crippen LogP contribution in [-0.2, 0) is 9.59 Å². The molecule has 4 nitrogen and oxygen atoms in total. The van der Waals surface area contributed by atoms with Crippen LogP contribution in [0.15, 0.2) is 53.0 Å². The van der Waals surface area contributed by atoms with Crippen molar-refractivity contribution in [1.82, 2.24) is 0 Å². The fourth-order valence-electron chi connectivity index (χ4n) is 1.70. The normalized spacial score (nSPS) is 10.2. The van der Waals surface area contributed by atoms with E-state index in [4.69, 9.17) is 11.6 Å². The van der Waals surface area contributed by atoms with Crippen molar-refractivity contribution >= 4 is 62.5 Å². The highest BCUT2D eigenvalue weighted by molar-refractivity contribution is 9.10. The number of carbonyl (C=O) groups excluding carboxylic acids is 2. The van der Waals surface area contributed by atoms with Crippen LogP contribution < -0.4 is 10.6 Å². The molecule has 0 saturated carbocycles. The lowest BCUT2D eigenvalue weighted by Crippen LogP contribution is -2.18. The van der Waals surface area contributed by atoms with Crippen molar-refractivity contribution in [1.29, 1.82) is 0 Å². The minimum absolute atomic E-state index is 0.142. The Hall–Kier alpha value is -1.50. The maximum atomic E-state index is 11.8. The molecule has 7 heteroatoms. The van der Waals surface area contributed by atoms with Gasteiger partial charge >= 0.3 is 0 Å². The Bertz CT molecular complexity index is 618. The Kier molecular flexibility index (Phi) is 6.95. The van der Waals surface area contributed by atoms with Crippen LogP contribution in [0.5, 0.6) is 0 Å². The van der Waals surface area contributed by atoms with E-state index in [2.05, 4.69) is 26.6 Å². The molecule has 2 aromatic carbocycles. The summed E-state index contributed by atoms with van der Waals surface area (Å²) in [6, 6.07) is 14.2. The minimum atomic E-state index is -0.159. The van der Waals surface area contributed by atoms with E-state index in [0.717, 1.165) is 10.2 Å². The predicted molar refractivity (Wildman–Crippen MR) is 100 cm³/mol. The molecule has 0 bridgehead atoms. The van der Waals surface area contributed by atoms with Crippen LogP contribution in [0.25, 0.3) is 0 Å². The van der Waals surface area contributed by atoms with Crippen LogP contribution in [0.2, 0.25) is 5.02 Å². The highest BCUT2D eigenvalue weighted by atomic mass is 79.9. The Morgan fingerprint density at radius 2 is 1.30 bits per heavy atom. The van der Waals surface area contributed by atoms with Crippen LogP contribution in [0, 0.1) is 0 Å². The van der Waals surface area contributed by atoms with E-state index in [-0.39, 0.29) is 23.3 Å². The molecule has 0 saturated heterocycles. The van der Waals surface area contributed by atoms with Crippen molar-refractivity contribution in [2.45, 2.75) is 0 Å². The van der Waals surface area contributed by atoms with Crippen molar-refractivity contribution in [3.8, 4) is 0 Å². The molecule has 23 heavy (non-hydrogen) atoms. The molecule has 2 amide bonds. The van der Waals surface area contributed by atoms with Gasteiger partial charge in [-0.2, -0.15) is 0 Å². The molecule has 0 aromatic heterocycles. The zero-order valence-electron chi connectivity index (χ0n) is 12.0. The first-order valence-electron chi connectivity index (χ1n) is 6.71. The summed E-state index contributed by atoms with van der Waals surface area (Å²) in [7, 11) is 0. The van der Waals surface area contributed by atoms with E-state index < -0.39 is 0 Å². The van der Waals surface area contributed by atoms with E-state index in [9.17, 15) is 9.59 Å². The molecule has 0 heterocycles. The SMILES string of the molecule is O=C(CSCC(=O)Nc1ccc(Br)cc1)Nc1ccc(Cl)cc1. The number of rotatable bonds is 6. The number of amides is 2. The standard InChI is InChI=1S/C16H14BrClN2O2S/c17-11-1-5-13(6-2-11)19-15(21)9-23-10-16(22)20-14-7-3-12(18)4-8-14/h1-8H,9-10H2,(H,19,21)(H,20,22). The first-order valence-corrected chi connectivity index (χ1v) is 9.04. The van der Waals surface area contributed by atoms with Gasteiger partial charge in [0.2, 0.25) is 11.8 Å². The Morgan fingerprint density at radius 3 is 1.78 bits per heavy atom. The number of hydrogen-bond donors (Lipinski definition) is 2. The molecule has 120 valence electrons. The molecule has 0 aliphatic rings. The van der Waals surface area contributed by atoms with Crippen molar-refractivity contribution < 1.29 is 9.59 Å². The van der Waals surface area contributed by atoms with Crippen molar-refractivity contribution in [3.63, 3.8) is 0 Å². The van der Waals surface area contributed by atoms with Gasteiger partial charge in [-0.05, 0) is 48.5 Å². The van der Waals surface area contributed by atoms with Gasteiger partial charge in [0.25, 0.3) is 0 Å². The van der Waals surface area contributed by atoms with Gasteiger partial charge < -0.3 is 10.6 Å². The van der Waals surface area contributed by atoms with Crippen LogP contribution in [0.1, 0.15) is 0 Å². The summed E-state index contributed by atoms with van der Waals surface area (Å²) in [5.41, 5.74) is 1.41. The summed E-state index contributed by atoms with van der Waals surface area (Å²) in [5.74, 6) is 0.117. The van der Waals surface area contributed by atoms with Crippen LogP contribution >= 0.6 is 39.3 Å². The first kappa shape index (κ1) is 17.8. The number of hydrogen-bond acceptors (Lipinski definition) is 3. The van der Waals surface area contributed by atoms with Crippen LogP contribution in [0.3, 0.4) is 0 Å². The Balaban J connectivity index is 1.69. The molecule has 0 unspecified atom stereocenters. The largest absolute Gasteiger partial charge is 0.325 e. The van der Waals surface area contributed by atoms with E-state index in [1.165, 1.54) is 11.8 Å². The molecule has 0 aliphatic carbocycles. The second kappa shape index (κ2) is 8.96. The summed E-state index contributed by atoms with van der Waals surface area (Å²) >= 11 is 10.4. The van der Waals surface area contributed by atoms with Crippen molar-refractivity contribution in [2.75, 3.05) is 22.1 Å². The molecule has 0 radical (unpaired) electrons. The molecular formula is C16H14BrClN2O2S. The molecule has 2 aromatic rings. The third-order valence-electron chi connectivity index (χ3n) is 2.72. The van der Waals surface area contributed by atoms with Gasteiger partial charge in [0.1, 0.15) is 0 Å². The maximum absolute atomic E-state index is 11.8. The smallest absolute Gasteiger partial charge is 0.234 e. The molecular weight excluding hydrogens is 400 g/mol. The number of nitrogens with one attached hydrogen (secondary N) is 2. The summed E-state index contributed by atoms with van der Waals surface area (Å²) in [4.78, 5) is 23.6. The van der Waals surface area contributed by atoms with Crippen LogP contribution in [-0.4, -0.2) is 23.3 Å². The van der Waals surface area contributed by atoms with E-state index >= 15 is 0 Å². The number of benzene rings is 2. The van der Waals surface area contributed by atoms with E-state index in [0.29, 0.717) is 10.7 Å². The fraction of sp³-hybridized carbons (Fsp3) is 0.125. The lowest BCUT2D eigenvalue weighted by atomic mass is 10.3. The number of thioether (sulfide) groups is 1. The molecule has 0 spiro atoms. The zero-order valence-corrected chi connectivity index (χ0v) is 15.2. The van der Waals surface area contributed by atoms with E-state index in [1.54, 1.807) is 36.4 Å². The second-order valence-corrected chi connectivity index (χ2v) is 6.94. The first-order chi connectivity index (χ1) is 11.0. The van der Waals surface area contributed by atoms with Gasteiger partial charge in [0.05, 0.1) is 11.5 Å². The Labute approximate surface area is 152 Å². The second-order valence-electron chi connectivity index (χ2n) is 4.60. The molecule has 2 rings (SSSR count). The quantitative estimate of drug-likeness (QED) is 0.737. The monoisotopic (exact) mass is 412 g/mol. The highest BCUT2D eigenvalue weighted by Gasteiger charge is 2.06. The maximum Gasteiger partial charge on any atom is 0.234 e. The molecule has 0 fully saturated rings. The van der Waals surface area contributed by atoms with Gasteiger partial charge in [-0.25, -0.2) is 0 Å². The van der Waals surface area contributed by atoms with Gasteiger partial charge in [-0.1, -0.05) is 27.5 Å². The van der Waals surface area contributed by atoms with Crippen molar-refractivity contribution in [3.05, 3.63) is 58.0 Å². The predicted octanol–water partition coefficient (Wildman–Crippen LogP) is 4.41. The van der Waals surface area contributed by atoms with Gasteiger partial charge in [0, 0.05) is 20.9 Å². The lowest BCUT2D eigenvalue weighted by Gasteiger charge is -2.06. The van der Waals surface area contributed by atoms with Crippen molar-refractivity contribution in [2.24, 2.45) is 0 Å². The van der Waals surface area contributed by atoms with Gasteiger partial charge in [0.15, 0.2) is 0 Å². The Morgan fingerprint density at radius 1 is 0.870 bits per heavy atom.